The van der Waals surface area contributed by atoms with Gasteiger partial charge < -0.3 is 0 Å². The van der Waals surface area contributed by atoms with Crippen LogP contribution in [0.1, 0.15) is 58.3 Å². The number of nitrogens with zero attached hydrogens (tertiary/aromatic N) is 1. The summed E-state index contributed by atoms with van der Waals surface area (Å²) in [7, 11) is -1.01. The van der Waals surface area contributed by atoms with Crippen molar-refractivity contribution in [3.05, 3.63) is 0 Å². The average molecular weight is 286 g/mol. The zero-order valence-corrected chi connectivity index (χ0v) is 14.6. The van der Waals surface area contributed by atoms with E-state index in [9.17, 15) is 0 Å². The van der Waals surface area contributed by atoms with Crippen LogP contribution in [0.15, 0.2) is 4.99 Å². The highest BCUT2D eigenvalue weighted by atomic mass is 32.4. The highest BCUT2D eigenvalue weighted by Crippen LogP contribution is 2.33. The summed E-state index contributed by atoms with van der Waals surface area (Å²) in [6.07, 6.45) is 10.8. The van der Waals surface area contributed by atoms with Gasteiger partial charge in [0, 0.05) is 17.5 Å². The highest BCUT2D eigenvalue weighted by Gasteiger charge is 2.26. The second-order valence-corrected chi connectivity index (χ2v) is 15.8. The molecule has 0 spiro atoms. The van der Waals surface area contributed by atoms with Gasteiger partial charge in [0.15, 0.2) is 0 Å². The van der Waals surface area contributed by atoms with Gasteiger partial charge in [-0.2, -0.15) is 11.2 Å². The van der Waals surface area contributed by atoms with Crippen molar-refractivity contribution in [3.63, 3.8) is 0 Å². The second-order valence-electron chi connectivity index (χ2n) is 6.40. The molecule has 1 aliphatic rings. The van der Waals surface area contributed by atoms with Crippen LogP contribution in [-0.4, -0.2) is 24.7 Å². The molecule has 0 aromatic carbocycles. The molecule has 1 nitrogen and oxygen atoms in total. The standard InChI is InChI=1S/C15H31NSSi/c1-5-6-7-10-13-16-14-11-8-9-12-15(14)17-18(2,3)4/h15H,5-13H2,1-4H3/b16-14+. The van der Waals surface area contributed by atoms with Gasteiger partial charge in [0.05, 0.1) is 0 Å². The van der Waals surface area contributed by atoms with Crippen molar-refractivity contribution in [1.29, 1.82) is 0 Å². The number of unbranched alkanes of at least 4 members (excludes halogenated alkanes) is 3. The van der Waals surface area contributed by atoms with Crippen molar-refractivity contribution in [2.24, 2.45) is 4.99 Å². The largest absolute Gasteiger partial charge is 0.293 e. The summed E-state index contributed by atoms with van der Waals surface area (Å²) in [6.45, 7) is 10.7. The van der Waals surface area contributed by atoms with Crippen LogP contribution < -0.4 is 0 Å². The molecule has 0 aliphatic heterocycles. The molecule has 0 aromatic heterocycles. The van der Waals surface area contributed by atoms with Crippen LogP contribution in [0.2, 0.25) is 19.6 Å². The molecule has 1 rings (SSSR count). The van der Waals surface area contributed by atoms with E-state index < -0.39 is 7.22 Å². The Balaban J connectivity index is 2.41. The maximum absolute atomic E-state index is 4.94. The summed E-state index contributed by atoms with van der Waals surface area (Å²) < 4.78 is 0. The van der Waals surface area contributed by atoms with Crippen LogP contribution in [0, 0.1) is 0 Å². The van der Waals surface area contributed by atoms with Crippen molar-refractivity contribution in [1.82, 2.24) is 0 Å². The Kier molecular flexibility index (Phi) is 7.62. The summed E-state index contributed by atoms with van der Waals surface area (Å²) >= 11 is 2.26. The average Bonchev–Trinajstić information content (AvgIpc) is 2.29. The van der Waals surface area contributed by atoms with E-state index in [2.05, 4.69) is 37.8 Å². The third-order valence-electron chi connectivity index (χ3n) is 3.34. The summed E-state index contributed by atoms with van der Waals surface area (Å²) in [5.41, 5.74) is 1.55. The van der Waals surface area contributed by atoms with E-state index in [-0.39, 0.29) is 0 Å². The maximum Gasteiger partial charge on any atom is 0.109 e. The Morgan fingerprint density at radius 1 is 1.17 bits per heavy atom. The maximum atomic E-state index is 4.94. The fourth-order valence-corrected chi connectivity index (χ4v) is 7.25. The van der Waals surface area contributed by atoms with Gasteiger partial charge in [0.2, 0.25) is 0 Å². The quantitative estimate of drug-likeness (QED) is 0.443. The first-order valence-electron chi connectivity index (χ1n) is 7.74. The van der Waals surface area contributed by atoms with Crippen LogP contribution in [0.25, 0.3) is 0 Å². The lowest BCUT2D eigenvalue weighted by atomic mass is 9.98. The number of hydrogen-bond donors (Lipinski definition) is 0. The molecular formula is C15H31NSSi. The molecule has 0 aromatic rings. The topological polar surface area (TPSA) is 12.4 Å². The zero-order chi connectivity index (χ0) is 13.4. The van der Waals surface area contributed by atoms with Crippen molar-refractivity contribution in [3.8, 4) is 0 Å². The monoisotopic (exact) mass is 285 g/mol. The van der Waals surface area contributed by atoms with Gasteiger partial charge in [-0.1, -0.05) is 52.2 Å². The van der Waals surface area contributed by atoms with Gasteiger partial charge in [0.25, 0.3) is 0 Å². The van der Waals surface area contributed by atoms with Crippen LogP contribution in [0.5, 0.6) is 0 Å². The van der Waals surface area contributed by atoms with E-state index in [0.717, 1.165) is 11.8 Å². The first-order chi connectivity index (χ1) is 8.53. The molecule has 1 atom stereocenters. The molecule has 1 fully saturated rings. The molecule has 0 amide bonds. The van der Waals surface area contributed by atoms with Crippen LogP contribution in [-0.2, 0) is 0 Å². The van der Waals surface area contributed by atoms with Crippen LogP contribution >= 0.6 is 11.2 Å². The molecule has 0 N–H and O–H groups in total. The smallest absolute Gasteiger partial charge is 0.109 e. The summed E-state index contributed by atoms with van der Waals surface area (Å²) in [5.74, 6) is 0. The lowest BCUT2D eigenvalue weighted by Crippen LogP contribution is -2.29. The van der Waals surface area contributed by atoms with Crippen LogP contribution in [0.3, 0.4) is 0 Å². The van der Waals surface area contributed by atoms with Gasteiger partial charge in [-0.25, -0.2) is 0 Å². The minimum Gasteiger partial charge on any atom is -0.293 e. The zero-order valence-electron chi connectivity index (χ0n) is 12.8. The van der Waals surface area contributed by atoms with E-state index in [1.54, 1.807) is 5.71 Å². The number of aliphatic imine (C=N–C) groups is 1. The van der Waals surface area contributed by atoms with E-state index in [4.69, 9.17) is 4.99 Å². The normalized spacial score (nSPS) is 23.6. The minimum absolute atomic E-state index is 0.761. The van der Waals surface area contributed by atoms with Gasteiger partial charge in [-0.15, -0.1) is 0 Å². The van der Waals surface area contributed by atoms with E-state index in [1.807, 2.05) is 0 Å². The summed E-state index contributed by atoms with van der Waals surface area (Å²) in [4.78, 5) is 4.94. The molecule has 0 heterocycles. The Labute approximate surface area is 119 Å². The van der Waals surface area contributed by atoms with Gasteiger partial charge in [-0.05, 0) is 25.7 Å². The third kappa shape index (κ3) is 6.98. The lowest BCUT2D eigenvalue weighted by Gasteiger charge is -2.29. The predicted molar refractivity (Wildman–Crippen MR) is 89.6 cm³/mol. The molecule has 0 radical (unpaired) electrons. The predicted octanol–water partition coefficient (Wildman–Crippen LogP) is 5.52. The third-order valence-corrected chi connectivity index (χ3v) is 7.82. The van der Waals surface area contributed by atoms with Crippen molar-refractivity contribution in [2.45, 2.75) is 83.2 Å². The van der Waals surface area contributed by atoms with Gasteiger partial charge in [-0.3, -0.25) is 4.99 Å². The number of hydrogen-bond acceptors (Lipinski definition) is 2. The van der Waals surface area contributed by atoms with Crippen molar-refractivity contribution in [2.75, 3.05) is 6.54 Å². The molecule has 0 saturated heterocycles. The van der Waals surface area contributed by atoms with Crippen molar-refractivity contribution >= 4 is 24.1 Å². The second kappa shape index (κ2) is 8.42. The van der Waals surface area contributed by atoms with Crippen molar-refractivity contribution < 1.29 is 0 Å². The fraction of sp³-hybridized carbons (Fsp3) is 0.933. The SMILES string of the molecule is CCCCCC/N=C1\CCCCC1S[Si](C)(C)C. The highest BCUT2D eigenvalue weighted by molar-refractivity contribution is 8.29. The lowest BCUT2D eigenvalue weighted by molar-refractivity contribution is 0.654. The van der Waals surface area contributed by atoms with E-state index in [0.29, 0.717) is 0 Å². The molecule has 3 heteroatoms. The van der Waals surface area contributed by atoms with E-state index >= 15 is 0 Å². The Bertz CT molecular complexity index is 258. The Hall–Kier alpha value is 0.237. The first-order valence-corrected chi connectivity index (χ1v) is 12.8. The van der Waals surface area contributed by atoms with E-state index in [1.165, 1.54) is 51.4 Å². The molecule has 1 unspecified atom stereocenters. The fourth-order valence-electron chi connectivity index (χ4n) is 2.46. The molecule has 1 saturated carbocycles. The Morgan fingerprint density at radius 3 is 2.61 bits per heavy atom. The van der Waals surface area contributed by atoms with Gasteiger partial charge in [0.1, 0.15) is 7.22 Å². The first kappa shape index (κ1) is 16.3. The molecular weight excluding hydrogens is 254 g/mol. The minimum atomic E-state index is -1.01. The van der Waals surface area contributed by atoms with Crippen LogP contribution in [0.4, 0.5) is 0 Å². The molecule has 1 aliphatic carbocycles. The Morgan fingerprint density at radius 2 is 1.94 bits per heavy atom. The molecule has 0 bridgehead atoms. The summed E-state index contributed by atoms with van der Waals surface area (Å²) in [5, 5.41) is 0.761. The number of rotatable bonds is 7. The molecule has 18 heavy (non-hydrogen) atoms. The molecule has 106 valence electrons. The summed E-state index contributed by atoms with van der Waals surface area (Å²) in [6, 6.07) is 0. The van der Waals surface area contributed by atoms with Gasteiger partial charge >= 0.3 is 0 Å².